The Hall–Kier alpha value is -1.56. The van der Waals surface area contributed by atoms with E-state index in [-0.39, 0.29) is 5.56 Å². The summed E-state index contributed by atoms with van der Waals surface area (Å²) in [4.78, 5) is 11.9. The smallest absolute Gasteiger partial charge is 0.416 e. The fourth-order valence-corrected chi connectivity index (χ4v) is 1.71. The van der Waals surface area contributed by atoms with E-state index in [1.165, 1.54) is 19.1 Å². The van der Waals surface area contributed by atoms with Crippen molar-refractivity contribution >= 4 is 5.97 Å². The van der Waals surface area contributed by atoms with Gasteiger partial charge in [0.15, 0.2) is 0 Å². The fourth-order valence-electron chi connectivity index (χ4n) is 1.71. The van der Waals surface area contributed by atoms with Crippen LogP contribution in [0.2, 0.25) is 0 Å². The first kappa shape index (κ1) is 17.5. The van der Waals surface area contributed by atoms with Crippen molar-refractivity contribution in [2.45, 2.75) is 45.6 Å². The number of alkyl halides is 3. The highest BCUT2D eigenvalue weighted by Gasteiger charge is 2.33. The van der Waals surface area contributed by atoms with Crippen molar-refractivity contribution in [3.8, 4) is 0 Å². The number of rotatable bonds is 3. The Morgan fingerprint density at radius 1 is 1.24 bits per heavy atom. The molecule has 0 saturated carbocycles. The van der Waals surface area contributed by atoms with Crippen LogP contribution in [0.1, 0.15) is 44.9 Å². The van der Waals surface area contributed by atoms with Gasteiger partial charge in [0.2, 0.25) is 0 Å². The van der Waals surface area contributed by atoms with Crippen molar-refractivity contribution in [1.82, 2.24) is 0 Å². The van der Waals surface area contributed by atoms with E-state index in [0.717, 1.165) is 12.1 Å². The lowest BCUT2D eigenvalue weighted by Gasteiger charge is -2.25. The monoisotopic (exact) mass is 304 g/mol. The first-order chi connectivity index (χ1) is 9.42. The Balaban J connectivity index is 2.93. The van der Waals surface area contributed by atoms with Crippen LogP contribution < -0.4 is 0 Å². The molecule has 6 heteroatoms. The fraction of sp³-hybridized carbons (Fsp3) is 0.533. The summed E-state index contributed by atoms with van der Waals surface area (Å²) in [5, 5.41) is 10.1. The molecule has 0 spiro atoms. The van der Waals surface area contributed by atoms with Gasteiger partial charge in [0.25, 0.3) is 0 Å². The molecule has 118 valence electrons. The molecule has 2 unspecified atom stereocenters. The van der Waals surface area contributed by atoms with E-state index in [4.69, 9.17) is 4.74 Å². The van der Waals surface area contributed by atoms with Crippen LogP contribution in [-0.2, 0) is 15.7 Å². The SMILES string of the molecule is CC(C(=O)OC(C)(C)C)C(O)c1cccc(C(F)(F)F)c1. The molecule has 1 aromatic rings. The molecule has 0 fully saturated rings. The Bertz CT molecular complexity index is 504. The predicted molar refractivity (Wildman–Crippen MR) is 71.4 cm³/mol. The lowest BCUT2D eigenvalue weighted by Crippen LogP contribution is -2.30. The maximum atomic E-state index is 12.6. The highest BCUT2D eigenvalue weighted by Crippen LogP contribution is 2.32. The number of halogens is 3. The number of carbonyl (C=O) groups excluding carboxylic acids is 1. The van der Waals surface area contributed by atoms with Crippen LogP contribution >= 0.6 is 0 Å². The summed E-state index contributed by atoms with van der Waals surface area (Å²) in [6.07, 6.45) is -5.85. The van der Waals surface area contributed by atoms with Gasteiger partial charge in [0.1, 0.15) is 5.60 Å². The van der Waals surface area contributed by atoms with Gasteiger partial charge < -0.3 is 9.84 Å². The molecule has 1 aromatic carbocycles. The maximum absolute atomic E-state index is 12.6. The summed E-state index contributed by atoms with van der Waals surface area (Å²) < 4.78 is 43.0. The number of hydrogen-bond donors (Lipinski definition) is 1. The van der Waals surface area contributed by atoms with E-state index < -0.39 is 35.3 Å². The second kappa shape index (κ2) is 6.05. The lowest BCUT2D eigenvalue weighted by atomic mass is 9.96. The molecule has 1 rings (SSSR count). The number of carbonyl (C=O) groups is 1. The standard InChI is InChI=1S/C15H19F3O3/c1-9(13(20)21-14(2,3)4)12(19)10-6-5-7-11(8-10)15(16,17)18/h5-9,12,19H,1-4H3. The van der Waals surface area contributed by atoms with Crippen LogP contribution in [0.15, 0.2) is 24.3 Å². The molecule has 0 heterocycles. The summed E-state index contributed by atoms with van der Waals surface area (Å²) in [5.74, 6) is -1.62. The van der Waals surface area contributed by atoms with Gasteiger partial charge in [-0.25, -0.2) is 0 Å². The molecule has 0 aromatic heterocycles. The third-order valence-electron chi connectivity index (χ3n) is 2.81. The summed E-state index contributed by atoms with van der Waals surface area (Å²) in [5.41, 5.74) is -1.56. The summed E-state index contributed by atoms with van der Waals surface area (Å²) in [7, 11) is 0. The zero-order valence-corrected chi connectivity index (χ0v) is 12.4. The Morgan fingerprint density at radius 2 is 1.81 bits per heavy atom. The van der Waals surface area contributed by atoms with Crippen molar-refractivity contribution in [1.29, 1.82) is 0 Å². The summed E-state index contributed by atoms with van der Waals surface area (Å²) in [6, 6.07) is 4.30. The number of benzene rings is 1. The molecule has 0 saturated heterocycles. The van der Waals surface area contributed by atoms with Gasteiger partial charge in [-0.05, 0) is 45.4 Å². The molecule has 0 amide bonds. The van der Waals surface area contributed by atoms with Gasteiger partial charge in [-0.3, -0.25) is 4.79 Å². The van der Waals surface area contributed by atoms with Gasteiger partial charge in [0.05, 0.1) is 17.6 Å². The minimum atomic E-state index is -4.50. The summed E-state index contributed by atoms with van der Waals surface area (Å²) in [6.45, 7) is 6.44. The molecule has 3 nitrogen and oxygen atoms in total. The van der Waals surface area contributed by atoms with E-state index >= 15 is 0 Å². The van der Waals surface area contributed by atoms with Gasteiger partial charge in [0, 0.05) is 0 Å². The normalized spacial score (nSPS) is 15.4. The lowest BCUT2D eigenvalue weighted by molar-refractivity contribution is -0.163. The Kier molecular flexibility index (Phi) is 5.04. The molecule has 21 heavy (non-hydrogen) atoms. The van der Waals surface area contributed by atoms with Crippen LogP contribution in [0.25, 0.3) is 0 Å². The molecular formula is C15H19F3O3. The molecule has 0 radical (unpaired) electrons. The minimum absolute atomic E-state index is 0.0307. The van der Waals surface area contributed by atoms with E-state index in [1.54, 1.807) is 20.8 Å². The number of ether oxygens (including phenoxy) is 1. The molecule has 0 bridgehead atoms. The van der Waals surface area contributed by atoms with E-state index in [2.05, 4.69) is 0 Å². The average molecular weight is 304 g/mol. The first-order valence-corrected chi connectivity index (χ1v) is 6.50. The predicted octanol–water partition coefficient (Wildman–Crippen LogP) is 3.72. The van der Waals surface area contributed by atoms with Crippen molar-refractivity contribution in [2.75, 3.05) is 0 Å². The highest BCUT2D eigenvalue weighted by atomic mass is 19.4. The van der Waals surface area contributed by atoms with Crippen molar-refractivity contribution in [3.05, 3.63) is 35.4 Å². The van der Waals surface area contributed by atoms with Crippen molar-refractivity contribution in [2.24, 2.45) is 5.92 Å². The van der Waals surface area contributed by atoms with Crippen molar-refractivity contribution in [3.63, 3.8) is 0 Å². The second-order valence-corrected chi connectivity index (χ2v) is 5.89. The van der Waals surface area contributed by atoms with E-state index in [9.17, 15) is 23.1 Å². The maximum Gasteiger partial charge on any atom is 0.416 e. The molecule has 2 atom stereocenters. The van der Waals surface area contributed by atoms with Gasteiger partial charge >= 0.3 is 12.1 Å². The number of hydrogen-bond acceptors (Lipinski definition) is 3. The zero-order chi connectivity index (χ0) is 16.4. The van der Waals surface area contributed by atoms with Gasteiger partial charge in [-0.1, -0.05) is 12.1 Å². The third-order valence-corrected chi connectivity index (χ3v) is 2.81. The molecule has 0 aliphatic rings. The van der Waals surface area contributed by atoms with Crippen LogP contribution in [0.5, 0.6) is 0 Å². The highest BCUT2D eigenvalue weighted by molar-refractivity contribution is 5.73. The van der Waals surface area contributed by atoms with E-state index in [1.807, 2.05) is 0 Å². The number of esters is 1. The Morgan fingerprint density at radius 3 is 2.29 bits per heavy atom. The zero-order valence-electron chi connectivity index (χ0n) is 12.4. The topological polar surface area (TPSA) is 46.5 Å². The molecular weight excluding hydrogens is 285 g/mol. The van der Waals surface area contributed by atoms with Crippen LogP contribution in [0.3, 0.4) is 0 Å². The second-order valence-electron chi connectivity index (χ2n) is 5.89. The van der Waals surface area contributed by atoms with E-state index in [0.29, 0.717) is 0 Å². The molecule has 1 N–H and O–H groups in total. The molecule has 0 aliphatic carbocycles. The van der Waals surface area contributed by atoms with Crippen LogP contribution in [0.4, 0.5) is 13.2 Å². The quantitative estimate of drug-likeness (QED) is 0.866. The largest absolute Gasteiger partial charge is 0.460 e. The first-order valence-electron chi connectivity index (χ1n) is 6.50. The number of aliphatic hydroxyl groups excluding tert-OH is 1. The van der Waals surface area contributed by atoms with Crippen LogP contribution in [0, 0.1) is 5.92 Å². The summed E-state index contributed by atoms with van der Waals surface area (Å²) >= 11 is 0. The minimum Gasteiger partial charge on any atom is -0.460 e. The van der Waals surface area contributed by atoms with Gasteiger partial charge in [-0.15, -0.1) is 0 Å². The van der Waals surface area contributed by atoms with Crippen molar-refractivity contribution < 1.29 is 27.8 Å². The third kappa shape index (κ3) is 5.04. The Labute approximate surface area is 121 Å². The van der Waals surface area contributed by atoms with Crippen LogP contribution in [-0.4, -0.2) is 16.7 Å². The molecule has 0 aliphatic heterocycles. The number of aliphatic hydroxyl groups is 1. The van der Waals surface area contributed by atoms with Gasteiger partial charge in [-0.2, -0.15) is 13.2 Å². The average Bonchev–Trinajstić information content (AvgIpc) is 2.34.